The highest BCUT2D eigenvalue weighted by molar-refractivity contribution is 8.13. The van der Waals surface area contributed by atoms with E-state index in [-0.39, 0.29) is 42.2 Å². The first-order chi connectivity index (χ1) is 27.0. The predicted molar refractivity (Wildman–Crippen MR) is 194 cm³/mol. The van der Waals surface area contributed by atoms with E-state index in [0.29, 0.717) is 11.8 Å². The van der Waals surface area contributed by atoms with E-state index >= 15 is 0 Å². The van der Waals surface area contributed by atoms with Crippen LogP contribution in [0.2, 0.25) is 0 Å². The quantitative estimate of drug-likeness (QED) is 0.0291. The van der Waals surface area contributed by atoms with E-state index in [9.17, 15) is 67.5 Å². The van der Waals surface area contributed by atoms with Gasteiger partial charge < -0.3 is 71.5 Å². The summed E-state index contributed by atoms with van der Waals surface area (Å²) in [5, 5.41) is 34.6. The number of imidazole rings is 1. The molecule has 1 aliphatic rings. The number of anilines is 1. The number of aromatic nitrogens is 4. The van der Waals surface area contributed by atoms with Crippen LogP contribution in [0, 0.1) is 5.41 Å². The Balaban J connectivity index is 1.46. The first-order valence-corrected chi connectivity index (χ1v) is 23.3. The van der Waals surface area contributed by atoms with Gasteiger partial charge in [0.05, 0.1) is 19.5 Å². The highest BCUT2D eigenvalue weighted by Crippen LogP contribution is 2.61. The predicted octanol–water partition coefficient (Wildman–Crippen LogP) is -3.58. The first-order valence-electron chi connectivity index (χ1n) is 16.3. The molecule has 9 atom stereocenters. The van der Waals surface area contributed by atoms with Crippen molar-refractivity contribution in [2.75, 3.05) is 37.8 Å². The number of thioether (sulfide) groups is 1. The molecule has 2 aromatic heterocycles. The molecule has 0 bridgehead atoms. The van der Waals surface area contributed by atoms with Gasteiger partial charge in [-0.05, 0) is 0 Å². The number of nitrogens with zero attached hydrogens (tertiary/aromatic N) is 4. The van der Waals surface area contributed by atoms with Crippen LogP contribution in [-0.2, 0) is 59.8 Å². The van der Waals surface area contributed by atoms with Gasteiger partial charge in [0.1, 0.15) is 42.3 Å². The third-order valence-corrected chi connectivity index (χ3v) is 12.1. The highest BCUT2D eigenvalue weighted by atomic mass is 32.2. The number of nitrogen functional groups attached to an aromatic ring is 1. The maximum Gasteiger partial charge on any atom is 0.481 e. The Morgan fingerprint density at radius 1 is 0.983 bits per heavy atom. The molecule has 1 aliphatic heterocycles. The SMILES string of the molecule is CC(C)(COP(=O)(O)OP(=O)(O)OCC1OC(n2cnc3c(N)ncnc32)C(O)C1OP(=O)(O)O)C(O)C(=O)NCCC(=O)NCCSC(=O)C(N)C(O)OP(=O)(O)O. The maximum absolute atomic E-state index is 12.7. The molecular weight excluding hydrogens is 908 g/mol. The summed E-state index contributed by atoms with van der Waals surface area (Å²) in [5.41, 5.74) is 9.48. The summed E-state index contributed by atoms with van der Waals surface area (Å²) in [6.07, 6.45) is -9.64. The van der Waals surface area contributed by atoms with Crippen molar-refractivity contribution in [1.82, 2.24) is 30.2 Å². The average molecular weight is 951 g/mol. The van der Waals surface area contributed by atoms with E-state index in [0.717, 1.165) is 17.2 Å². The fourth-order valence-corrected chi connectivity index (χ4v) is 8.66. The van der Waals surface area contributed by atoms with Crippen molar-refractivity contribution in [3.63, 3.8) is 0 Å². The lowest BCUT2D eigenvalue weighted by Crippen LogP contribution is -2.46. The number of rotatable bonds is 23. The van der Waals surface area contributed by atoms with Crippen LogP contribution in [0.25, 0.3) is 11.2 Å². The molecule has 3 heterocycles. The number of carbonyl (C=O) groups is 3. The number of hydrogen-bond donors (Lipinski definition) is 13. The van der Waals surface area contributed by atoms with Crippen LogP contribution in [0.15, 0.2) is 12.7 Å². The Hall–Kier alpha value is -2.41. The van der Waals surface area contributed by atoms with Crippen molar-refractivity contribution in [2.24, 2.45) is 11.1 Å². The molecule has 15 N–H and O–H groups in total. The van der Waals surface area contributed by atoms with Crippen molar-refractivity contribution in [3.05, 3.63) is 12.7 Å². The number of ether oxygens (including phenoxy) is 1. The van der Waals surface area contributed by atoms with Gasteiger partial charge in [0.15, 0.2) is 24.0 Å². The summed E-state index contributed by atoms with van der Waals surface area (Å²) in [7, 11) is -21.7. The third kappa shape index (κ3) is 15.8. The molecule has 0 aliphatic carbocycles. The van der Waals surface area contributed by atoms with Crippen LogP contribution in [0.5, 0.6) is 0 Å². The number of nitrogens with two attached hydrogens (primary N) is 2. The molecule has 0 aromatic carbocycles. The molecular formula is C24H42N8O22P4S. The Kier molecular flexibility index (Phi) is 17.8. The van der Waals surface area contributed by atoms with Crippen molar-refractivity contribution in [2.45, 2.75) is 63.2 Å². The minimum Gasteiger partial charge on any atom is -0.386 e. The minimum atomic E-state index is -5.62. The average Bonchev–Trinajstić information content (AvgIpc) is 3.66. The van der Waals surface area contributed by atoms with Crippen LogP contribution >= 0.6 is 43.1 Å². The number of aliphatic hydroxyl groups is 3. The lowest BCUT2D eigenvalue weighted by Gasteiger charge is -2.30. The third-order valence-electron chi connectivity index (χ3n) is 7.57. The zero-order chi connectivity index (χ0) is 44.7. The number of phosphoric acid groups is 4. The summed E-state index contributed by atoms with van der Waals surface area (Å²) in [6, 6.07) is -1.81. The van der Waals surface area contributed by atoms with Crippen molar-refractivity contribution >= 4 is 77.0 Å². The van der Waals surface area contributed by atoms with Crippen molar-refractivity contribution in [3.8, 4) is 0 Å². The van der Waals surface area contributed by atoms with Gasteiger partial charge in [-0.1, -0.05) is 25.6 Å². The fourth-order valence-electron chi connectivity index (χ4n) is 4.70. The van der Waals surface area contributed by atoms with Crippen molar-refractivity contribution in [1.29, 1.82) is 0 Å². The van der Waals surface area contributed by atoms with Crippen LogP contribution in [0.1, 0.15) is 26.5 Å². The maximum atomic E-state index is 12.7. The summed E-state index contributed by atoms with van der Waals surface area (Å²) in [6.45, 7) is -0.206. The van der Waals surface area contributed by atoms with Gasteiger partial charge in [0.25, 0.3) is 0 Å². The lowest BCUT2D eigenvalue weighted by atomic mass is 9.87. The van der Waals surface area contributed by atoms with Crippen LogP contribution in [-0.4, -0.2) is 150 Å². The van der Waals surface area contributed by atoms with Crippen molar-refractivity contribution < 1.29 is 104 Å². The van der Waals surface area contributed by atoms with E-state index in [1.165, 1.54) is 13.8 Å². The fraction of sp³-hybridized carbons (Fsp3) is 0.667. The van der Waals surface area contributed by atoms with Gasteiger partial charge in [0, 0.05) is 30.7 Å². The van der Waals surface area contributed by atoms with E-state index in [1.807, 2.05) is 0 Å². The molecule has 30 nitrogen and oxygen atoms in total. The molecule has 35 heteroatoms. The molecule has 0 radical (unpaired) electrons. The van der Waals surface area contributed by atoms with Gasteiger partial charge in [-0.25, -0.2) is 33.2 Å². The molecule has 0 spiro atoms. The second-order valence-corrected chi connectivity index (χ2v) is 19.3. The van der Waals surface area contributed by atoms with Crippen LogP contribution < -0.4 is 22.1 Å². The smallest absolute Gasteiger partial charge is 0.386 e. The Morgan fingerprint density at radius 3 is 2.25 bits per heavy atom. The monoisotopic (exact) mass is 950 g/mol. The second-order valence-electron chi connectivity index (χ2n) is 12.7. The number of hydrogen-bond acceptors (Lipinski definition) is 22. The van der Waals surface area contributed by atoms with Crippen LogP contribution in [0.4, 0.5) is 5.82 Å². The molecule has 3 rings (SSSR count). The van der Waals surface area contributed by atoms with Gasteiger partial charge in [-0.3, -0.25) is 37.0 Å². The minimum absolute atomic E-state index is 0.00508. The van der Waals surface area contributed by atoms with E-state index in [2.05, 4.69) is 38.9 Å². The molecule has 2 amide bonds. The lowest BCUT2D eigenvalue weighted by molar-refractivity contribution is -0.137. The number of nitrogens with one attached hydrogen (secondary N) is 2. The Labute approximate surface area is 336 Å². The van der Waals surface area contributed by atoms with Gasteiger partial charge in [0.2, 0.25) is 16.9 Å². The molecule has 59 heavy (non-hydrogen) atoms. The van der Waals surface area contributed by atoms with Gasteiger partial charge >= 0.3 is 31.3 Å². The molecule has 9 unspecified atom stereocenters. The van der Waals surface area contributed by atoms with Crippen LogP contribution in [0.3, 0.4) is 0 Å². The topological polar surface area (TPSA) is 477 Å². The zero-order valence-corrected chi connectivity index (χ0v) is 34.8. The number of amides is 2. The molecule has 1 fully saturated rings. The molecule has 2 aromatic rings. The Bertz CT molecular complexity index is 2000. The molecule has 336 valence electrons. The zero-order valence-electron chi connectivity index (χ0n) is 30.4. The molecule has 0 saturated carbocycles. The normalized spacial score (nSPS) is 22.6. The highest BCUT2D eigenvalue weighted by Gasteiger charge is 2.50. The van der Waals surface area contributed by atoms with Gasteiger partial charge in [-0.2, -0.15) is 4.31 Å². The van der Waals surface area contributed by atoms with Gasteiger partial charge in [-0.15, -0.1) is 0 Å². The summed E-state index contributed by atoms with van der Waals surface area (Å²) >= 11 is 0.515. The summed E-state index contributed by atoms with van der Waals surface area (Å²) in [5.74, 6) is -1.86. The first kappa shape index (κ1) is 50.9. The largest absolute Gasteiger partial charge is 0.481 e. The van der Waals surface area contributed by atoms with E-state index in [4.69, 9.17) is 35.0 Å². The summed E-state index contributed by atoms with van der Waals surface area (Å²) < 4.78 is 76.5. The number of carbonyl (C=O) groups excluding carboxylic acids is 3. The Morgan fingerprint density at radius 2 is 1.63 bits per heavy atom. The van der Waals surface area contributed by atoms with E-state index in [1.54, 1.807) is 0 Å². The number of phosphoric ester groups is 4. The van der Waals surface area contributed by atoms with E-state index < -0.39 is 110 Å². The number of aliphatic hydroxyl groups excluding tert-OH is 3. The standard InChI is InChI=1S/C24H42N8O22P4S/c1-24(2,17(35)20(36)28-4-3-12(33)27-5-6-59-23(38)13(25)22(37)53-56(42,43)44)8-50-58(47,48)54-57(45,46)49-7-11-16(52-55(39,40)41)15(34)21(51-11)32-10-31-14-18(26)29-9-30-19(14)32/h9-11,13,15-17,21-22,34-35,37H,3-8,25H2,1-2H3,(H,27,33)(H,28,36)(H,45,46)(H,47,48)(H2,26,29,30)(H2,39,40,41)(H2,42,43,44). The molecule has 1 saturated heterocycles. The number of fused-ring (bicyclic) bond motifs is 1. The second kappa shape index (κ2) is 20.6. The summed E-state index contributed by atoms with van der Waals surface area (Å²) in [4.78, 5) is 105.